The minimum atomic E-state index is -1.00. The van der Waals surface area contributed by atoms with Gasteiger partial charge in [-0.15, -0.1) is 0 Å². The lowest BCUT2D eigenvalue weighted by molar-refractivity contribution is 0.0565. The van der Waals surface area contributed by atoms with Gasteiger partial charge in [0.2, 0.25) is 0 Å². The third-order valence-electron chi connectivity index (χ3n) is 2.58. The molecule has 0 radical (unpaired) electrons. The maximum Gasteiger partial charge on any atom is 0.125 e. The first kappa shape index (κ1) is 13.3. The van der Waals surface area contributed by atoms with E-state index in [1.165, 1.54) is 0 Å². The molecular weight excluding hydrogens is 226 g/mol. The summed E-state index contributed by atoms with van der Waals surface area (Å²) in [7, 11) is 3.37. The fraction of sp³-hybridized carbons (Fsp3) is 0.500. The minimum Gasteiger partial charge on any atom is -0.496 e. The van der Waals surface area contributed by atoms with Gasteiger partial charge in [-0.25, -0.2) is 0 Å². The summed E-state index contributed by atoms with van der Waals surface area (Å²) in [6.07, 6.45) is 0. The zero-order chi connectivity index (χ0) is 12.3. The smallest absolute Gasteiger partial charge is 0.125 e. The van der Waals surface area contributed by atoms with Crippen molar-refractivity contribution in [3.63, 3.8) is 0 Å². The van der Waals surface area contributed by atoms with E-state index >= 15 is 0 Å². The van der Waals surface area contributed by atoms with E-state index in [-0.39, 0.29) is 0 Å². The van der Waals surface area contributed by atoms with Gasteiger partial charge in [-0.3, -0.25) is 0 Å². The molecule has 0 aliphatic carbocycles. The normalized spacial score (nSPS) is 14.6. The molecule has 0 saturated heterocycles. The van der Waals surface area contributed by atoms with E-state index in [9.17, 15) is 5.11 Å². The van der Waals surface area contributed by atoms with Crippen LogP contribution >= 0.6 is 11.6 Å². The number of hydrogen-bond acceptors (Lipinski definition) is 3. The van der Waals surface area contributed by atoms with Gasteiger partial charge in [0.25, 0.3) is 0 Å². The van der Waals surface area contributed by atoms with Gasteiger partial charge in [0.15, 0.2) is 0 Å². The van der Waals surface area contributed by atoms with Crippen molar-refractivity contribution in [1.82, 2.24) is 5.32 Å². The summed E-state index contributed by atoms with van der Waals surface area (Å²) in [5.74, 6) is 0.655. The fourth-order valence-corrected chi connectivity index (χ4v) is 1.85. The summed E-state index contributed by atoms with van der Waals surface area (Å²) in [4.78, 5) is 0. The lowest BCUT2D eigenvalue weighted by Crippen LogP contribution is -2.33. The third-order valence-corrected chi connectivity index (χ3v) is 2.99. The van der Waals surface area contributed by atoms with Crippen LogP contribution in [0, 0.1) is 6.92 Å². The second kappa shape index (κ2) is 5.04. The van der Waals surface area contributed by atoms with Crippen molar-refractivity contribution >= 4 is 11.6 Å². The van der Waals surface area contributed by atoms with E-state index in [1.54, 1.807) is 27.1 Å². The van der Waals surface area contributed by atoms with Gasteiger partial charge in [-0.05, 0) is 38.6 Å². The van der Waals surface area contributed by atoms with E-state index in [0.29, 0.717) is 22.9 Å². The number of hydrogen-bond donors (Lipinski definition) is 2. The summed E-state index contributed by atoms with van der Waals surface area (Å²) in [5.41, 5.74) is 0.625. The first-order valence-corrected chi connectivity index (χ1v) is 5.51. The highest BCUT2D eigenvalue weighted by Crippen LogP contribution is 2.33. The van der Waals surface area contributed by atoms with Gasteiger partial charge in [-0.1, -0.05) is 11.6 Å². The summed E-state index contributed by atoms with van der Waals surface area (Å²) >= 11 is 6.06. The zero-order valence-electron chi connectivity index (χ0n) is 10.1. The summed E-state index contributed by atoms with van der Waals surface area (Å²) < 4.78 is 5.27. The Balaban J connectivity index is 3.26. The van der Waals surface area contributed by atoms with Crippen LogP contribution in [0.15, 0.2) is 12.1 Å². The molecule has 0 amide bonds. The van der Waals surface area contributed by atoms with Gasteiger partial charge in [0.1, 0.15) is 11.4 Å². The summed E-state index contributed by atoms with van der Waals surface area (Å²) in [5, 5.41) is 13.9. The van der Waals surface area contributed by atoms with Gasteiger partial charge in [-0.2, -0.15) is 0 Å². The molecule has 0 spiro atoms. The third kappa shape index (κ3) is 2.67. The van der Waals surface area contributed by atoms with Crippen LogP contribution in [0.1, 0.15) is 18.1 Å². The molecule has 2 N–H and O–H groups in total. The number of methoxy groups -OCH3 is 1. The second-order valence-corrected chi connectivity index (χ2v) is 4.51. The molecule has 1 unspecified atom stereocenters. The summed E-state index contributed by atoms with van der Waals surface area (Å²) in [6, 6.07) is 3.59. The molecule has 16 heavy (non-hydrogen) atoms. The van der Waals surface area contributed by atoms with Crippen LogP contribution in [0.5, 0.6) is 5.75 Å². The van der Waals surface area contributed by atoms with Crippen molar-refractivity contribution in [2.24, 2.45) is 0 Å². The maximum absolute atomic E-state index is 10.3. The molecule has 1 aromatic rings. The molecule has 0 aliphatic heterocycles. The minimum absolute atomic E-state index is 0.433. The Labute approximate surface area is 101 Å². The Morgan fingerprint density at radius 1 is 1.50 bits per heavy atom. The number of aryl methyl sites for hydroxylation is 1. The second-order valence-electron chi connectivity index (χ2n) is 4.11. The summed E-state index contributed by atoms with van der Waals surface area (Å²) in [6.45, 7) is 4.07. The molecule has 0 bridgehead atoms. The molecular formula is C12H18ClNO2. The van der Waals surface area contributed by atoms with Crippen LogP contribution in [0.25, 0.3) is 0 Å². The fourth-order valence-electron chi connectivity index (χ4n) is 1.68. The number of benzene rings is 1. The van der Waals surface area contributed by atoms with Gasteiger partial charge in [0.05, 0.1) is 7.11 Å². The van der Waals surface area contributed by atoms with Crippen LogP contribution in [0.2, 0.25) is 5.02 Å². The molecule has 0 saturated carbocycles. The molecule has 1 atom stereocenters. The highest BCUT2D eigenvalue weighted by molar-refractivity contribution is 6.31. The Morgan fingerprint density at radius 3 is 2.62 bits per heavy atom. The number of likely N-dealkylation sites (N-methyl/N-ethyl adjacent to an activating group) is 1. The number of ether oxygens (including phenoxy) is 1. The molecule has 3 nitrogen and oxygen atoms in total. The monoisotopic (exact) mass is 243 g/mol. The maximum atomic E-state index is 10.3. The standard InChI is InChI=1S/C12H18ClNO2/c1-8-5-11(16-4)9(6-10(8)13)12(2,15)7-14-3/h5-6,14-15H,7H2,1-4H3. The predicted molar refractivity (Wildman–Crippen MR) is 66.2 cm³/mol. The highest BCUT2D eigenvalue weighted by atomic mass is 35.5. The Bertz CT molecular complexity index is 378. The molecule has 0 heterocycles. The Hall–Kier alpha value is -0.770. The topological polar surface area (TPSA) is 41.5 Å². The molecule has 0 aliphatic rings. The number of rotatable bonds is 4. The first-order chi connectivity index (χ1) is 7.42. The van der Waals surface area contributed by atoms with Crippen LogP contribution < -0.4 is 10.1 Å². The van der Waals surface area contributed by atoms with Crippen molar-refractivity contribution in [2.45, 2.75) is 19.4 Å². The van der Waals surface area contributed by atoms with Crippen LogP contribution in [0.3, 0.4) is 0 Å². The van der Waals surface area contributed by atoms with Crippen molar-refractivity contribution < 1.29 is 9.84 Å². The van der Waals surface area contributed by atoms with Crippen molar-refractivity contribution in [2.75, 3.05) is 20.7 Å². The van der Waals surface area contributed by atoms with E-state index in [2.05, 4.69) is 5.32 Å². The van der Waals surface area contributed by atoms with E-state index in [4.69, 9.17) is 16.3 Å². The predicted octanol–water partition coefficient (Wildman–Crippen LogP) is 2.08. The molecule has 0 fully saturated rings. The first-order valence-electron chi connectivity index (χ1n) is 5.14. The molecule has 1 rings (SSSR count). The van der Waals surface area contributed by atoms with Crippen LogP contribution in [-0.4, -0.2) is 25.8 Å². The molecule has 0 aromatic heterocycles. The Morgan fingerprint density at radius 2 is 2.12 bits per heavy atom. The average Bonchev–Trinajstić information content (AvgIpc) is 2.21. The van der Waals surface area contributed by atoms with Crippen molar-refractivity contribution in [3.8, 4) is 5.75 Å². The van der Waals surface area contributed by atoms with Gasteiger partial charge < -0.3 is 15.2 Å². The molecule has 1 aromatic carbocycles. The highest BCUT2D eigenvalue weighted by Gasteiger charge is 2.26. The largest absolute Gasteiger partial charge is 0.496 e. The number of halogens is 1. The van der Waals surface area contributed by atoms with Crippen LogP contribution in [-0.2, 0) is 5.60 Å². The lowest BCUT2D eigenvalue weighted by Gasteiger charge is -2.26. The zero-order valence-corrected chi connectivity index (χ0v) is 10.9. The quantitative estimate of drug-likeness (QED) is 0.851. The van der Waals surface area contributed by atoms with Gasteiger partial charge in [0, 0.05) is 17.1 Å². The van der Waals surface area contributed by atoms with Crippen LogP contribution in [0.4, 0.5) is 0 Å². The lowest BCUT2D eigenvalue weighted by atomic mass is 9.94. The Kier molecular flexibility index (Phi) is 4.19. The van der Waals surface area contributed by atoms with Gasteiger partial charge >= 0.3 is 0 Å². The van der Waals surface area contributed by atoms with E-state index < -0.39 is 5.60 Å². The van der Waals surface area contributed by atoms with Crippen molar-refractivity contribution in [1.29, 1.82) is 0 Å². The number of nitrogens with one attached hydrogen (secondary N) is 1. The SMILES string of the molecule is CNCC(C)(O)c1cc(Cl)c(C)cc1OC. The average molecular weight is 244 g/mol. The van der Waals surface area contributed by atoms with Crippen molar-refractivity contribution in [3.05, 3.63) is 28.3 Å². The molecule has 4 heteroatoms. The van der Waals surface area contributed by atoms with E-state index in [0.717, 1.165) is 5.56 Å². The molecule has 90 valence electrons. The number of aliphatic hydroxyl groups is 1. The van der Waals surface area contributed by atoms with E-state index in [1.807, 2.05) is 13.0 Å².